The SMILES string of the molecule is COc1c(Cl)cc(CNc2ccc(C)c(Cl)c2)cc1Cl. The van der Waals surface area contributed by atoms with E-state index in [4.69, 9.17) is 39.5 Å². The van der Waals surface area contributed by atoms with Gasteiger partial charge in [0.15, 0.2) is 5.75 Å². The topological polar surface area (TPSA) is 21.3 Å². The molecule has 0 aliphatic heterocycles. The van der Waals surface area contributed by atoms with Crippen molar-refractivity contribution in [2.75, 3.05) is 12.4 Å². The highest BCUT2D eigenvalue weighted by molar-refractivity contribution is 6.37. The maximum absolute atomic E-state index is 6.10. The van der Waals surface area contributed by atoms with Crippen molar-refractivity contribution in [1.29, 1.82) is 0 Å². The average molecular weight is 331 g/mol. The van der Waals surface area contributed by atoms with E-state index in [1.54, 1.807) is 7.11 Å². The highest BCUT2D eigenvalue weighted by Crippen LogP contribution is 2.34. The molecular formula is C15H14Cl3NO. The molecule has 0 heterocycles. The molecule has 2 rings (SSSR count). The third kappa shape index (κ3) is 3.51. The van der Waals surface area contributed by atoms with E-state index >= 15 is 0 Å². The third-order valence-electron chi connectivity index (χ3n) is 2.93. The molecule has 0 aliphatic rings. The fourth-order valence-electron chi connectivity index (χ4n) is 1.82. The normalized spacial score (nSPS) is 10.4. The molecule has 0 aromatic heterocycles. The minimum Gasteiger partial charge on any atom is -0.494 e. The monoisotopic (exact) mass is 329 g/mol. The van der Waals surface area contributed by atoms with Gasteiger partial charge < -0.3 is 10.1 Å². The molecule has 0 atom stereocenters. The number of ether oxygens (including phenoxy) is 1. The molecule has 0 spiro atoms. The van der Waals surface area contributed by atoms with Gasteiger partial charge in [-0.05, 0) is 42.3 Å². The molecule has 0 unspecified atom stereocenters. The van der Waals surface area contributed by atoms with E-state index in [0.29, 0.717) is 22.3 Å². The van der Waals surface area contributed by atoms with Crippen LogP contribution in [0.4, 0.5) is 5.69 Å². The number of halogens is 3. The molecule has 2 aromatic carbocycles. The number of benzene rings is 2. The fourth-order valence-corrected chi connectivity index (χ4v) is 2.68. The molecule has 106 valence electrons. The van der Waals surface area contributed by atoms with Gasteiger partial charge in [-0.1, -0.05) is 40.9 Å². The standard InChI is InChI=1S/C15H14Cl3NO/c1-9-3-4-11(7-12(9)16)19-8-10-5-13(17)15(20-2)14(18)6-10/h3-7,19H,8H2,1-2H3. The van der Waals surface area contributed by atoms with Gasteiger partial charge in [-0.25, -0.2) is 0 Å². The number of nitrogens with one attached hydrogen (secondary N) is 1. The zero-order valence-corrected chi connectivity index (χ0v) is 13.4. The molecule has 0 aliphatic carbocycles. The summed E-state index contributed by atoms with van der Waals surface area (Å²) in [5.74, 6) is 0.496. The molecule has 2 nitrogen and oxygen atoms in total. The summed E-state index contributed by atoms with van der Waals surface area (Å²) >= 11 is 18.3. The van der Waals surface area contributed by atoms with Gasteiger partial charge in [-0.3, -0.25) is 0 Å². The van der Waals surface area contributed by atoms with Gasteiger partial charge in [0.2, 0.25) is 0 Å². The lowest BCUT2D eigenvalue weighted by Crippen LogP contribution is -2.00. The van der Waals surface area contributed by atoms with Crippen LogP contribution in [0.25, 0.3) is 0 Å². The van der Waals surface area contributed by atoms with Crippen LogP contribution in [0.2, 0.25) is 15.1 Å². The Balaban J connectivity index is 2.13. The Labute approximate surface area is 133 Å². The highest BCUT2D eigenvalue weighted by atomic mass is 35.5. The molecule has 0 fully saturated rings. The molecule has 0 saturated heterocycles. The summed E-state index contributed by atoms with van der Waals surface area (Å²) in [4.78, 5) is 0. The van der Waals surface area contributed by atoms with Crippen LogP contribution in [0.5, 0.6) is 5.75 Å². The van der Waals surface area contributed by atoms with E-state index in [1.165, 1.54) is 0 Å². The Kier molecular flexibility index (Phi) is 5.03. The summed E-state index contributed by atoms with van der Waals surface area (Å²) in [6.45, 7) is 2.57. The summed E-state index contributed by atoms with van der Waals surface area (Å²) in [6, 6.07) is 9.50. The minimum absolute atomic E-state index is 0.496. The summed E-state index contributed by atoms with van der Waals surface area (Å²) < 4.78 is 5.12. The first-order valence-corrected chi connectivity index (χ1v) is 7.16. The first-order chi connectivity index (χ1) is 9.51. The second kappa shape index (κ2) is 6.57. The van der Waals surface area contributed by atoms with Crippen molar-refractivity contribution in [2.24, 2.45) is 0 Å². The molecule has 0 bridgehead atoms. The number of hydrogen-bond acceptors (Lipinski definition) is 2. The van der Waals surface area contributed by atoms with Gasteiger partial charge in [0.25, 0.3) is 0 Å². The Hall–Kier alpha value is -1.09. The van der Waals surface area contributed by atoms with Crippen molar-refractivity contribution < 1.29 is 4.74 Å². The van der Waals surface area contributed by atoms with Crippen molar-refractivity contribution in [3.63, 3.8) is 0 Å². The largest absolute Gasteiger partial charge is 0.494 e. The van der Waals surface area contributed by atoms with Crippen molar-refractivity contribution >= 4 is 40.5 Å². The van der Waals surface area contributed by atoms with Crippen LogP contribution in [0.15, 0.2) is 30.3 Å². The summed E-state index contributed by atoms with van der Waals surface area (Å²) in [5, 5.41) is 5.01. The lowest BCUT2D eigenvalue weighted by molar-refractivity contribution is 0.415. The van der Waals surface area contributed by atoms with Crippen molar-refractivity contribution in [1.82, 2.24) is 0 Å². The van der Waals surface area contributed by atoms with Gasteiger partial charge in [0, 0.05) is 17.3 Å². The fraction of sp³-hybridized carbons (Fsp3) is 0.200. The van der Waals surface area contributed by atoms with E-state index in [2.05, 4.69) is 5.32 Å². The van der Waals surface area contributed by atoms with E-state index in [-0.39, 0.29) is 0 Å². The summed E-state index contributed by atoms with van der Waals surface area (Å²) in [6.07, 6.45) is 0. The average Bonchev–Trinajstić information content (AvgIpc) is 2.40. The number of rotatable bonds is 4. The van der Waals surface area contributed by atoms with E-state index in [9.17, 15) is 0 Å². The van der Waals surface area contributed by atoms with Gasteiger partial charge in [-0.2, -0.15) is 0 Å². The van der Waals surface area contributed by atoms with Crippen molar-refractivity contribution in [3.05, 3.63) is 56.5 Å². The third-order valence-corrected chi connectivity index (χ3v) is 3.90. The quantitative estimate of drug-likeness (QED) is 0.790. The van der Waals surface area contributed by atoms with Crippen molar-refractivity contribution in [3.8, 4) is 5.75 Å². The van der Waals surface area contributed by atoms with E-state index in [1.807, 2.05) is 37.3 Å². The van der Waals surface area contributed by atoms with Gasteiger partial charge in [0.1, 0.15) is 0 Å². The van der Waals surface area contributed by atoms with Crippen LogP contribution in [0, 0.1) is 6.92 Å². The number of hydrogen-bond donors (Lipinski definition) is 1. The maximum Gasteiger partial charge on any atom is 0.156 e. The molecule has 0 radical (unpaired) electrons. The van der Waals surface area contributed by atoms with Crippen molar-refractivity contribution in [2.45, 2.75) is 13.5 Å². The lowest BCUT2D eigenvalue weighted by Gasteiger charge is -2.11. The first-order valence-electron chi connectivity index (χ1n) is 6.03. The predicted octanol–water partition coefficient (Wildman–Crippen LogP) is 5.58. The molecule has 0 saturated carbocycles. The van der Waals surface area contributed by atoms with Crippen LogP contribution >= 0.6 is 34.8 Å². The Bertz CT molecular complexity index is 606. The lowest BCUT2D eigenvalue weighted by atomic mass is 10.2. The highest BCUT2D eigenvalue weighted by Gasteiger charge is 2.08. The van der Waals surface area contributed by atoms with Crippen LogP contribution in [0.1, 0.15) is 11.1 Å². The zero-order valence-electron chi connectivity index (χ0n) is 11.1. The van der Waals surface area contributed by atoms with Crippen LogP contribution in [-0.2, 0) is 6.54 Å². The summed E-state index contributed by atoms with van der Waals surface area (Å²) in [5.41, 5.74) is 2.97. The van der Waals surface area contributed by atoms with Gasteiger partial charge in [0.05, 0.1) is 17.2 Å². The Morgan fingerprint density at radius 2 is 1.65 bits per heavy atom. The molecule has 0 amide bonds. The maximum atomic E-state index is 6.10. The van der Waals surface area contributed by atoms with E-state index < -0.39 is 0 Å². The van der Waals surface area contributed by atoms with Crippen LogP contribution in [-0.4, -0.2) is 7.11 Å². The molecule has 1 N–H and O–H groups in total. The Morgan fingerprint density at radius 1 is 1.00 bits per heavy atom. The van der Waals surface area contributed by atoms with E-state index in [0.717, 1.165) is 21.8 Å². The second-order valence-corrected chi connectivity index (χ2v) is 5.63. The molecule has 20 heavy (non-hydrogen) atoms. The number of aryl methyl sites for hydroxylation is 1. The zero-order chi connectivity index (χ0) is 14.7. The number of methoxy groups -OCH3 is 1. The molecule has 2 aromatic rings. The predicted molar refractivity (Wildman–Crippen MR) is 86.5 cm³/mol. The molecular weight excluding hydrogens is 317 g/mol. The number of anilines is 1. The second-order valence-electron chi connectivity index (χ2n) is 4.41. The Morgan fingerprint density at radius 3 is 2.20 bits per heavy atom. The van der Waals surface area contributed by atoms with Gasteiger partial charge >= 0.3 is 0 Å². The van der Waals surface area contributed by atoms with Crippen LogP contribution in [0.3, 0.4) is 0 Å². The summed E-state index contributed by atoms with van der Waals surface area (Å²) in [7, 11) is 1.54. The van der Waals surface area contributed by atoms with Crippen LogP contribution < -0.4 is 10.1 Å². The van der Waals surface area contributed by atoms with Gasteiger partial charge in [-0.15, -0.1) is 0 Å². The first kappa shape index (κ1) is 15.3. The smallest absolute Gasteiger partial charge is 0.156 e. The molecule has 5 heteroatoms. The minimum atomic E-state index is 0.496.